The number of hydrogen-bond acceptors (Lipinski definition) is 4. The molecule has 1 amide bonds. The number of halogens is 1. The second kappa shape index (κ2) is 7.76. The molecule has 3 N–H and O–H groups in total. The zero-order valence-corrected chi connectivity index (χ0v) is 15.3. The summed E-state index contributed by atoms with van der Waals surface area (Å²) in [5.74, 6) is 0.299. The Morgan fingerprint density at radius 2 is 1.88 bits per heavy atom. The Kier molecular flexibility index (Phi) is 5.46. The van der Waals surface area contributed by atoms with Crippen molar-refractivity contribution >= 4 is 34.4 Å². The summed E-state index contributed by atoms with van der Waals surface area (Å²) in [5, 5.41) is 4.68. The number of nitrogens with one attached hydrogen (secondary N) is 1. The zero-order chi connectivity index (χ0) is 17.8. The third-order valence-corrected chi connectivity index (χ3v) is 5.10. The predicted octanol–water partition coefficient (Wildman–Crippen LogP) is 4.03. The van der Waals surface area contributed by atoms with Gasteiger partial charge in [-0.3, -0.25) is 4.79 Å². The number of rotatable bonds is 4. The van der Waals surface area contributed by atoms with Gasteiger partial charge in [-0.1, -0.05) is 65.8 Å². The van der Waals surface area contributed by atoms with Crippen molar-refractivity contribution in [2.24, 2.45) is 10.7 Å². The first-order valence-corrected chi connectivity index (χ1v) is 9.18. The number of thioether (sulfide) groups is 1. The number of carbonyl (C=O) groups is 1. The second-order valence-electron chi connectivity index (χ2n) is 5.69. The van der Waals surface area contributed by atoms with Gasteiger partial charge >= 0.3 is 0 Å². The molecule has 1 aliphatic rings. The van der Waals surface area contributed by atoms with Crippen LogP contribution in [0.4, 0.5) is 0 Å². The molecule has 0 radical (unpaired) electrons. The summed E-state index contributed by atoms with van der Waals surface area (Å²) in [6.45, 7) is 1.85. The summed E-state index contributed by atoms with van der Waals surface area (Å²) in [7, 11) is 0. The van der Waals surface area contributed by atoms with Gasteiger partial charge in [0.1, 0.15) is 6.04 Å². The fourth-order valence-corrected chi connectivity index (χ4v) is 3.68. The summed E-state index contributed by atoms with van der Waals surface area (Å²) >= 11 is 7.50. The van der Waals surface area contributed by atoms with Gasteiger partial charge in [0.2, 0.25) is 5.91 Å². The number of nitrogens with two attached hydrogens (primary N) is 1. The highest BCUT2D eigenvalue weighted by atomic mass is 35.5. The van der Waals surface area contributed by atoms with Crippen LogP contribution >= 0.6 is 23.4 Å². The van der Waals surface area contributed by atoms with Crippen LogP contribution in [0.1, 0.15) is 24.1 Å². The number of nitrogens with zero attached hydrogens (tertiary/aromatic N) is 1. The van der Waals surface area contributed by atoms with Crippen LogP contribution in [0.2, 0.25) is 5.02 Å². The average Bonchev–Trinajstić information content (AvgIpc) is 2.61. The molecule has 0 unspecified atom stereocenters. The molecule has 0 saturated heterocycles. The number of aliphatic imine (C=N–C) groups is 1. The normalized spacial score (nSPS) is 17.0. The maximum absolute atomic E-state index is 11.9. The summed E-state index contributed by atoms with van der Waals surface area (Å²) in [4.78, 5) is 16.6. The van der Waals surface area contributed by atoms with E-state index in [1.165, 1.54) is 0 Å². The van der Waals surface area contributed by atoms with Crippen molar-refractivity contribution in [2.45, 2.75) is 18.7 Å². The molecule has 0 spiro atoms. The van der Waals surface area contributed by atoms with Crippen molar-refractivity contribution in [1.82, 2.24) is 5.32 Å². The van der Waals surface area contributed by atoms with Crippen molar-refractivity contribution in [3.63, 3.8) is 0 Å². The Hall–Kier alpha value is -2.24. The summed E-state index contributed by atoms with van der Waals surface area (Å²) in [6, 6.07) is 17.1. The van der Waals surface area contributed by atoms with Crippen molar-refractivity contribution in [2.75, 3.05) is 0 Å². The number of benzene rings is 2. The maximum Gasteiger partial charge on any atom is 0.248 e. The highest BCUT2D eigenvalue weighted by Crippen LogP contribution is 2.32. The van der Waals surface area contributed by atoms with Gasteiger partial charge in [-0.05, 0) is 30.2 Å². The fraction of sp³-hybridized carbons (Fsp3) is 0.158. The molecule has 0 aromatic heterocycles. The zero-order valence-electron chi connectivity index (χ0n) is 13.7. The third-order valence-electron chi connectivity index (χ3n) is 3.89. The molecule has 6 heteroatoms. The molecule has 1 aliphatic heterocycles. The van der Waals surface area contributed by atoms with Gasteiger partial charge in [0.05, 0.1) is 5.57 Å². The maximum atomic E-state index is 11.9. The highest BCUT2D eigenvalue weighted by Gasteiger charge is 2.27. The SMILES string of the molecule is CC1=C(C(N)=O)[C@@H](c2ccccc2)N=C(SCc2ccc(Cl)cc2)N1. The average molecular weight is 372 g/mol. The molecule has 2 aromatic carbocycles. The molecular formula is C19H18ClN3OS. The van der Waals surface area contributed by atoms with Crippen molar-refractivity contribution in [3.8, 4) is 0 Å². The van der Waals surface area contributed by atoms with E-state index >= 15 is 0 Å². The van der Waals surface area contributed by atoms with Crippen LogP contribution in [0.5, 0.6) is 0 Å². The van der Waals surface area contributed by atoms with E-state index in [1.807, 2.05) is 61.5 Å². The number of amides is 1. The Morgan fingerprint density at radius 3 is 2.52 bits per heavy atom. The molecule has 0 bridgehead atoms. The van der Waals surface area contributed by atoms with E-state index in [4.69, 9.17) is 22.3 Å². The third kappa shape index (κ3) is 4.24. The first kappa shape index (κ1) is 17.6. The number of carbonyl (C=O) groups excluding carboxylic acids is 1. The van der Waals surface area contributed by atoms with Crippen LogP contribution in [-0.4, -0.2) is 11.1 Å². The minimum Gasteiger partial charge on any atom is -0.366 e. The van der Waals surface area contributed by atoms with Crippen molar-refractivity contribution in [1.29, 1.82) is 0 Å². The van der Waals surface area contributed by atoms with Crippen molar-refractivity contribution < 1.29 is 4.79 Å². The van der Waals surface area contributed by atoms with E-state index in [9.17, 15) is 4.79 Å². The largest absolute Gasteiger partial charge is 0.366 e. The van der Waals surface area contributed by atoms with Crippen molar-refractivity contribution in [3.05, 3.63) is 82.0 Å². The van der Waals surface area contributed by atoms with Crippen LogP contribution < -0.4 is 11.1 Å². The Morgan fingerprint density at radius 1 is 1.20 bits per heavy atom. The van der Waals surface area contributed by atoms with Crippen LogP contribution in [0.15, 0.2) is 70.9 Å². The van der Waals surface area contributed by atoms with Crippen LogP contribution in [0.3, 0.4) is 0 Å². The van der Waals surface area contributed by atoms with E-state index in [0.29, 0.717) is 5.57 Å². The van der Waals surface area contributed by atoms with Crippen LogP contribution in [0.25, 0.3) is 0 Å². The molecule has 0 aliphatic carbocycles. The van der Waals surface area contributed by atoms with Crippen LogP contribution in [-0.2, 0) is 10.5 Å². The Balaban J connectivity index is 1.83. The lowest BCUT2D eigenvalue weighted by molar-refractivity contribution is -0.114. The van der Waals surface area contributed by atoms with Gasteiger partial charge in [0.15, 0.2) is 5.17 Å². The van der Waals surface area contributed by atoms with Gasteiger partial charge in [-0.25, -0.2) is 4.99 Å². The van der Waals surface area contributed by atoms with E-state index in [1.54, 1.807) is 11.8 Å². The molecule has 0 fully saturated rings. The van der Waals surface area contributed by atoms with Gasteiger partial charge in [0, 0.05) is 16.5 Å². The lowest BCUT2D eigenvalue weighted by atomic mass is 9.96. The Labute approximate surface area is 156 Å². The number of amidine groups is 1. The number of allylic oxidation sites excluding steroid dienone is 1. The molecule has 128 valence electrons. The van der Waals surface area contributed by atoms with Gasteiger partial charge in [-0.2, -0.15) is 0 Å². The topological polar surface area (TPSA) is 67.5 Å². The molecule has 25 heavy (non-hydrogen) atoms. The van der Waals surface area contributed by atoms with E-state index in [-0.39, 0.29) is 6.04 Å². The first-order chi connectivity index (χ1) is 12.0. The number of hydrogen-bond donors (Lipinski definition) is 2. The monoisotopic (exact) mass is 371 g/mol. The quantitative estimate of drug-likeness (QED) is 0.852. The molecule has 3 rings (SSSR count). The van der Waals surface area contributed by atoms with E-state index in [0.717, 1.165) is 32.8 Å². The van der Waals surface area contributed by atoms with Gasteiger partial charge in [-0.15, -0.1) is 0 Å². The van der Waals surface area contributed by atoms with E-state index < -0.39 is 5.91 Å². The second-order valence-corrected chi connectivity index (χ2v) is 7.09. The smallest absolute Gasteiger partial charge is 0.248 e. The Bertz CT molecular complexity index is 832. The standard InChI is InChI=1S/C19H18ClN3OS/c1-12-16(18(21)24)17(14-5-3-2-4-6-14)23-19(22-12)25-11-13-7-9-15(20)10-8-13/h2-10,17H,11H2,1H3,(H2,21,24)(H,22,23)/t17-/m1/s1. The molecule has 1 heterocycles. The minimum atomic E-state index is -0.454. The minimum absolute atomic E-state index is 0.382. The molecular weight excluding hydrogens is 354 g/mol. The lowest BCUT2D eigenvalue weighted by Gasteiger charge is -2.25. The highest BCUT2D eigenvalue weighted by molar-refractivity contribution is 8.13. The molecule has 0 saturated carbocycles. The summed E-state index contributed by atoms with van der Waals surface area (Å²) in [6.07, 6.45) is 0. The molecule has 1 atom stereocenters. The predicted molar refractivity (Wildman–Crippen MR) is 104 cm³/mol. The van der Waals surface area contributed by atoms with Crippen LogP contribution in [0, 0.1) is 0 Å². The fourth-order valence-electron chi connectivity index (χ4n) is 2.65. The number of primary amides is 1. The molecule has 2 aromatic rings. The first-order valence-electron chi connectivity index (χ1n) is 7.82. The molecule has 4 nitrogen and oxygen atoms in total. The summed E-state index contributed by atoms with van der Waals surface area (Å²) < 4.78 is 0. The van der Waals surface area contributed by atoms with Gasteiger partial charge < -0.3 is 11.1 Å². The summed E-state index contributed by atoms with van der Waals surface area (Å²) in [5.41, 5.74) is 8.93. The van der Waals surface area contributed by atoms with E-state index in [2.05, 4.69) is 5.32 Å². The van der Waals surface area contributed by atoms with Gasteiger partial charge in [0.25, 0.3) is 0 Å². The lowest BCUT2D eigenvalue weighted by Crippen LogP contribution is -2.32.